The highest BCUT2D eigenvalue weighted by atomic mass is 32.2. The number of para-hydroxylation sites is 2. The number of phenols is 1. The first-order chi connectivity index (χ1) is 63.1. The molecule has 0 unspecified atom stereocenters. The molecule has 0 saturated carbocycles. The van der Waals surface area contributed by atoms with Crippen molar-refractivity contribution in [3.05, 3.63) is 120 Å². The van der Waals surface area contributed by atoms with Crippen molar-refractivity contribution in [3.8, 4) is 5.75 Å². The zero-order chi connectivity index (χ0) is 96.2. The number of likely N-dealkylation sites (N-methyl/N-ethyl adjacent to an activating group) is 3. The minimum absolute atomic E-state index is 0.000415. The van der Waals surface area contributed by atoms with E-state index < -0.39 is 235 Å². The fourth-order valence-electron chi connectivity index (χ4n) is 16.3. The Morgan fingerprint density at radius 1 is 0.523 bits per heavy atom. The molecule has 3 aromatic carbocycles. The zero-order valence-electron chi connectivity index (χ0n) is 74.8. The van der Waals surface area contributed by atoms with Crippen LogP contribution in [0.2, 0.25) is 0 Å². The van der Waals surface area contributed by atoms with Gasteiger partial charge in [0.15, 0.2) is 0 Å². The van der Waals surface area contributed by atoms with Gasteiger partial charge >= 0.3 is 0 Å². The van der Waals surface area contributed by atoms with Crippen LogP contribution in [-0.2, 0) is 107 Å². The molecular formula is C88H123N23O20S. The maximum Gasteiger partial charge on any atom is 0.246 e. The highest BCUT2D eigenvalue weighted by Crippen LogP contribution is 2.28. The number of hydrogen-bond donors (Lipinski definition) is 20. The molecule has 17 amide bonds. The third kappa shape index (κ3) is 27.8. The average Bonchev–Trinajstić information content (AvgIpc) is 1.17. The summed E-state index contributed by atoms with van der Waals surface area (Å²) in [5.74, 6) is -17.2. The fraction of sp³-hybridized carbons (Fsp3) is 0.523. The van der Waals surface area contributed by atoms with Gasteiger partial charge in [-0.3, -0.25) is 81.5 Å². The number of nitrogens with one attached hydrogen (secondary N) is 13. The van der Waals surface area contributed by atoms with Gasteiger partial charge in [0.25, 0.3) is 0 Å². The van der Waals surface area contributed by atoms with Crippen LogP contribution in [-0.4, -0.2) is 323 Å². The first-order valence-corrected chi connectivity index (χ1v) is 45.3. The smallest absolute Gasteiger partial charge is 0.246 e. The molecule has 6 aromatic rings. The number of aliphatic hydroxyl groups is 2. The molecule has 3 fully saturated rings. The monoisotopic (exact) mass is 1850 g/mol. The van der Waals surface area contributed by atoms with Crippen molar-refractivity contribution in [2.75, 3.05) is 72.0 Å². The number of aromatic hydroxyl groups is 1. The highest BCUT2D eigenvalue weighted by Gasteiger charge is 2.47. The second-order valence-corrected chi connectivity index (χ2v) is 34.4. The minimum Gasteiger partial charge on any atom is -0.508 e. The summed E-state index contributed by atoms with van der Waals surface area (Å²) < 4.78 is 0. The van der Waals surface area contributed by atoms with Gasteiger partial charge in [-0.1, -0.05) is 88.1 Å². The van der Waals surface area contributed by atoms with E-state index in [4.69, 9.17) is 22.9 Å². The summed E-state index contributed by atoms with van der Waals surface area (Å²) in [5.41, 5.74) is 26.2. The van der Waals surface area contributed by atoms with E-state index in [1.54, 1.807) is 60.9 Å². The standard InChI is InChI=1S/C88H123N23O20S/c1-7-9-22-68-81(124)99-59(29-31-90)77(120)106-67(76(119)96-42-73(92)116)45-132-46-74(117)98-63(33-49-25-27-53(113)28-26-49)84(127)107(4)48(3)75(118)103-65(38-72(91)115)87(130)110-32-16-24-69(110)82(125)102-62(36-52-41-93-47-97-52)79(122)100-60(21-15-30-89)86(129)111-43-54(114)37-71(111)83(126)101-61(34-50-39-94-57-19-13-11-17-55(50)57)78(121)105-66(44-112)80(123)104-64(35-51-40-95-58-20-14-12-18-56(51)58)85(128)109(6)70(23-10-8-2)88(131)108(68)5/h11-14,17-20,25-28,39-41,47-48,54,59-71,94-95,112-114H,7-10,15-16,21-24,29-38,42-46,89-90H2,1-6H3,(H2,91,115)(H2,92,116)(H,93,97)(H,96,119)(H,98,117)(H,99,124)(H,100,122)(H,101,126)(H,102,125)(H,103,118)(H,104,123)(H,105,121)(H,106,120)/t48-,54+,59-,60-,61-,62-,63-,64-,65-,66-,67-,68-,69-,70-,71-/m0/s1. The van der Waals surface area contributed by atoms with Gasteiger partial charge in [-0.25, -0.2) is 4.98 Å². The summed E-state index contributed by atoms with van der Waals surface area (Å²) in [6.07, 6.45) is 3.60. The summed E-state index contributed by atoms with van der Waals surface area (Å²) in [6, 6.07) is -2.23. The van der Waals surface area contributed by atoms with Crippen molar-refractivity contribution in [1.29, 1.82) is 0 Å². The molecule has 3 saturated heterocycles. The van der Waals surface area contributed by atoms with Crippen LogP contribution in [0.3, 0.4) is 0 Å². The number of nitrogens with zero attached hydrogens (tertiary/aromatic N) is 6. The number of primary amides is 2. The van der Waals surface area contributed by atoms with Gasteiger partial charge in [0, 0.05) is 118 Å². The maximum absolute atomic E-state index is 15.7. The van der Waals surface area contributed by atoms with Crippen molar-refractivity contribution >= 4 is 134 Å². The molecule has 3 aromatic heterocycles. The number of fused-ring (bicyclic) bond motifs is 4. The third-order valence-corrected chi connectivity index (χ3v) is 24.8. The quantitative estimate of drug-likeness (QED) is 0.0259. The van der Waals surface area contributed by atoms with E-state index in [1.807, 2.05) is 13.8 Å². The van der Waals surface area contributed by atoms with Crippen molar-refractivity contribution in [3.63, 3.8) is 0 Å². The number of benzene rings is 3. The van der Waals surface area contributed by atoms with Crippen LogP contribution in [0.15, 0.2) is 97.7 Å². The third-order valence-electron chi connectivity index (χ3n) is 23.8. The Bertz CT molecular complexity index is 5070. The molecule has 132 heavy (non-hydrogen) atoms. The predicted molar refractivity (Wildman–Crippen MR) is 483 cm³/mol. The van der Waals surface area contributed by atoms with Crippen molar-refractivity contribution in [1.82, 2.24) is 97.6 Å². The van der Waals surface area contributed by atoms with Crippen LogP contribution in [0, 0.1) is 0 Å². The van der Waals surface area contributed by atoms with E-state index in [2.05, 4.69) is 73.1 Å². The Kier molecular flexibility index (Phi) is 38.3. The van der Waals surface area contributed by atoms with Crippen LogP contribution >= 0.6 is 11.8 Å². The SMILES string of the molecule is CCCC[C@H]1C(=O)N(C)[C@@H](CCCC)C(=O)N[C@@H](CCN)C(=O)N[C@H](C(=O)NCC(N)=O)CSCC(=O)N[C@@H](Cc2ccc(O)cc2)C(=O)N(C)[C@@H](C)C(=O)N[C@@H](CC(N)=O)C(=O)N2CCC[C@H]2C(=O)N[C@@H](Cc2cnc[nH]2)C(=O)N[C@@H](CCCN)C(=O)N2C[C@H](O)C[C@H]2C(=O)N[C@@H](Cc2c[nH]c3ccccc23)C(=O)N[C@@H](CO)C(=O)N[C@@H](Cc2c[nH]c3ccccc23)C(=O)N1C. The Morgan fingerprint density at radius 2 is 1.06 bits per heavy atom. The van der Waals surface area contributed by atoms with Crippen LogP contribution in [0.1, 0.15) is 127 Å². The Hall–Kier alpha value is -13.1. The van der Waals surface area contributed by atoms with Crippen molar-refractivity contribution < 1.29 is 96.8 Å². The lowest BCUT2D eigenvalue weighted by Gasteiger charge is -2.36. The Labute approximate surface area is 766 Å². The van der Waals surface area contributed by atoms with Gasteiger partial charge < -0.3 is 131 Å². The number of amides is 17. The lowest BCUT2D eigenvalue weighted by Crippen LogP contribution is -2.62. The number of imidazole rings is 1. The number of H-pyrrole nitrogens is 3. The second kappa shape index (κ2) is 49.3. The van der Waals surface area contributed by atoms with Gasteiger partial charge in [-0.2, -0.15) is 0 Å². The van der Waals surface area contributed by atoms with Gasteiger partial charge in [-0.15, -0.1) is 11.8 Å². The normalized spacial score (nSPS) is 25.1. The summed E-state index contributed by atoms with van der Waals surface area (Å²) in [7, 11) is 3.91. The van der Waals surface area contributed by atoms with Crippen LogP contribution < -0.4 is 76.1 Å². The zero-order valence-corrected chi connectivity index (χ0v) is 75.6. The van der Waals surface area contributed by atoms with E-state index in [0.29, 0.717) is 69.9 Å². The summed E-state index contributed by atoms with van der Waals surface area (Å²) in [4.78, 5) is 268. The van der Waals surface area contributed by atoms with Crippen LogP contribution in [0.5, 0.6) is 5.75 Å². The highest BCUT2D eigenvalue weighted by molar-refractivity contribution is 8.00. The van der Waals surface area contributed by atoms with Crippen LogP contribution in [0.4, 0.5) is 0 Å². The van der Waals surface area contributed by atoms with Gasteiger partial charge in [0.2, 0.25) is 100 Å². The van der Waals surface area contributed by atoms with Crippen molar-refractivity contribution in [2.24, 2.45) is 22.9 Å². The van der Waals surface area contributed by atoms with E-state index in [-0.39, 0.29) is 96.0 Å². The van der Waals surface area contributed by atoms with Gasteiger partial charge in [0.05, 0.1) is 37.8 Å². The molecule has 0 aliphatic carbocycles. The fourth-order valence-corrected chi connectivity index (χ4v) is 17.2. The van der Waals surface area contributed by atoms with E-state index in [9.17, 15) is 58.5 Å². The summed E-state index contributed by atoms with van der Waals surface area (Å²) >= 11 is 0.769. The molecule has 0 spiro atoms. The number of hydrogen-bond acceptors (Lipinski definition) is 24. The molecule has 24 N–H and O–H groups in total. The predicted octanol–water partition coefficient (Wildman–Crippen LogP) is -4.15. The largest absolute Gasteiger partial charge is 0.508 e. The van der Waals surface area contributed by atoms with E-state index in [0.717, 1.165) is 36.3 Å². The number of rotatable bonds is 25. The van der Waals surface area contributed by atoms with Crippen LogP contribution in [0.25, 0.3) is 21.8 Å². The second-order valence-electron chi connectivity index (χ2n) is 33.4. The molecule has 15 atom stereocenters. The number of aromatic amines is 3. The molecule has 43 nitrogen and oxygen atoms in total. The molecule has 3 aliphatic rings. The topological polar surface area (TPSA) is 652 Å². The molecule has 9 rings (SSSR count). The Balaban J connectivity index is 1.09. The number of nitrogens with two attached hydrogens (primary N) is 4. The lowest BCUT2D eigenvalue weighted by molar-refractivity contribution is -0.149. The van der Waals surface area contributed by atoms with E-state index in [1.165, 1.54) is 64.9 Å². The van der Waals surface area contributed by atoms with Gasteiger partial charge in [0.1, 0.15) is 90.3 Å². The number of carbonyl (C=O) groups excluding carboxylic acids is 17. The summed E-state index contributed by atoms with van der Waals surface area (Å²) in [6.45, 7) is 2.27. The number of unbranched alkanes of at least 4 members (excludes halogenated alkanes) is 2. The van der Waals surface area contributed by atoms with E-state index >= 15 is 38.4 Å². The molecule has 716 valence electrons. The Morgan fingerprint density at radius 3 is 1.66 bits per heavy atom. The number of aliphatic hydroxyl groups excluding tert-OH is 2. The average molecular weight is 1860 g/mol. The molecule has 0 radical (unpaired) electrons. The molecule has 0 bridgehead atoms. The van der Waals surface area contributed by atoms with Crippen molar-refractivity contribution in [2.45, 2.75) is 221 Å². The lowest BCUT2D eigenvalue weighted by atomic mass is 10.00. The molecule has 44 heteroatoms. The molecule has 6 heterocycles. The number of carbonyl (C=O) groups is 17. The number of thioether (sulfide) groups is 1. The number of aromatic nitrogens is 4. The minimum atomic E-state index is -1.89. The molecule has 3 aliphatic heterocycles. The summed E-state index contributed by atoms with van der Waals surface area (Å²) in [5, 5.41) is 60.3. The first-order valence-electron chi connectivity index (χ1n) is 44.2. The van der Waals surface area contributed by atoms with Gasteiger partial charge in [-0.05, 0) is 106 Å². The number of phenolic OH excluding ortho intramolecular Hbond substituents is 1. The first kappa shape index (κ1) is 103. The maximum atomic E-state index is 15.7. The molecular weight excluding hydrogens is 1730 g/mol.